The fourth-order valence-electron chi connectivity index (χ4n) is 7.87. The lowest BCUT2D eigenvalue weighted by Gasteiger charge is -2.19. The monoisotopic (exact) mass is 874 g/mol. The molecule has 0 aliphatic heterocycles. The first kappa shape index (κ1) is 59.0. The van der Waals surface area contributed by atoms with Gasteiger partial charge in [-0.15, -0.1) is 0 Å². The van der Waals surface area contributed by atoms with Crippen LogP contribution in [0.25, 0.3) is 0 Å². The van der Waals surface area contributed by atoms with Crippen molar-refractivity contribution in [3.8, 4) is 0 Å². The van der Waals surface area contributed by atoms with Gasteiger partial charge >= 0.3 is 19.8 Å². The average molecular weight is 874 g/mol. The molecule has 0 aromatic rings. The normalized spacial score (nSPS) is 13.1. The molecule has 9 nitrogen and oxygen atoms in total. The summed E-state index contributed by atoms with van der Waals surface area (Å²) >= 11 is 0. The number of ether oxygens (including phenoxy) is 2. The number of phosphoric acid groups is 1. The zero-order valence-corrected chi connectivity index (χ0v) is 40.6. The standard InChI is InChI=1S/C50H100NO8P/c1-3-5-7-9-11-13-15-17-19-21-23-24-25-27-28-30-32-34-36-38-40-42-49(52)56-46-48(47-58-60(54,55)57-45-44-51)59-50(53)43-41-39-37-35-33-31-29-26-22-20-18-16-14-12-10-8-6-4-2/h48H,3-47,51H2,1-2H3,(H,54,55)/t48-/m1/s1. The van der Waals surface area contributed by atoms with Gasteiger partial charge in [-0.2, -0.15) is 0 Å². The lowest BCUT2D eigenvalue weighted by atomic mass is 10.0. The average Bonchev–Trinajstić information content (AvgIpc) is 3.24. The summed E-state index contributed by atoms with van der Waals surface area (Å²) in [6.07, 6.45) is 50.0. The van der Waals surface area contributed by atoms with Gasteiger partial charge in [-0.3, -0.25) is 18.6 Å². The number of carbonyl (C=O) groups is 2. The molecular formula is C50H100NO8P. The maximum absolute atomic E-state index is 12.6. The predicted molar refractivity (Wildman–Crippen MR) is 252 cm³/mol. The molecule has 358 valence electrons. The van der Waals surface area contributed by atoms with Crippen LogP contribution < -0.4 is 5.73 Å². The Morgan fingerprint density at radius 1 is 0.433 bits per heavy atom. The van der Waals surface area contributed by atoms with Gasteiger partial charge in [0.2, 0.25) is 0 Å². The number of hydrogen-bond acceptors (Lipinski definition) is 8. The summed E-state index contributed by atoms with van der Waals surface area (Å²) in [5.74, 6) is -0.806. The zero-order chi connectivity index (χ0) is 43.9. The molecule has 0 saturated heterocycles. The molecular weight excluding hydrogens is 774 g/mol. The highest BCUT2D eigenvalue weighted by atomic mass is 31.2. The topological polar surface area (TPSA) is 134 Å². The van der Waals surface area contributed by atoms with Crippen molar-refractivity contribution in [2.24, 2.45) is 5.73 Å². The fourth-order valence-corrected chi connectivity index (χ4v) is 8.64. The molecule has 0 bridgehead atoms. The van der Waals surface area contributed by atoms with E-state index in [4.69, 9.17) is 24.3 Å². The highest BCUT2D eigenvalue weighted by Crippen LogP contribution is 2.43. The van der Waals surface area contributed by atoms with Crippen molar-refractivity contribution in [3.05, 3.63) is 0 Å². The number of nitrogens with two attached hydrogens (primary N) is 1. The number of rotatable bonds is 50. The van der Waals surface area contributed by atoms with E-state index in [1.54, 1.807) is 0 Å². The molecule has 0 fully saturated rings. The van der Waals surface area contributed by atoms with Gasteiger partial charge in [0.1, 0.15) is 6.61 Å². The van der Waals surface area contributed by atoms with E-state index in [9.17, 15) is 19.0 Å². The summed E-state index contributed by atoms with van der Waals surface area (Å²) in [7, 11) is -4.37. The van der Waals surface area contributed by atoms with Gasteiger partial charge < -0.3 is 20.1 Å². The molecule has 0 radical (unpaired) electrons. The van der Waals surface area contributed by atoms with Gasteiger partial charge in [-0.25, -0.2) is 4.57 Å². The first-order chi connectivity index (χ1) is 29.3. The molecule has 0 heterocycles. The Hall–Kier alpha value is -0.990. The number of phosphoric ester groups is 1. The Balaban J connectivity index is 3.97. The third kappa shape index (κ3) is 46.5. The van der Waals surface area contributed by atoms with Crippen molar-refractivity contribution in [1.29, 1.82) is 0 Å². The molecule has 3 N–H and O–H groups in total. The van der Waals surface area contributed by atoms with Crippen LogP contribution in [0.3, 0.4) is 0 Å². The van der Waals surface area contributed by atoms with Gasteiger partial charge in [0.05, 0.1) is 13.2 Å². The highest BCUT2D eigenvalue weighted by Gasteiger charge is 2.26. The molecule has 0 aromatic carbocycles. The minimum atomic E-state index is -4.37. The second-order valence-electron chi connectivity index (χ2n) is 17.8. The van der Waals surface area contributed by atoms with Crippen molar-refractivity contribution >= 4 is 19.8 Å². The van der Waals surface area contributed by atoms with E-state index >= 15 is 0 Å². The SMILES string of the molecule is CCCCCCCCCCCCCCCCCCCCCCCC(=O)OC[C@H](COP(=O)(O)OCCN)OC(=O)CCCCCCCCCCCCCCCCCCCC. The summed E-state index contributed by atoms with van der Waals surface area (Å²) < 4.78 is 32.9. The number of hydrogen-bond donors (Lipinski definition) is 2. The number of carbonyl (C=O) groups excluding carboxylic acids is 2. The molecule has 0 saturated carbocycles. The molecule has 2 atom stereocenters. The van der Waals surface area contributed by atoms with Crippen molar-refractivity contribution in [1.82, 2.24) is 0 Å². The molecule has 0 spiro atoms. The Bertz CT molecular complexity index is 953. The van der Waals surface area contributed by atoms with E-state index in [1.165, 1.54) is 212 Å². The second-order valence-corrected chi connectivity index (χ2v) is 19.2. The van der Waals surface area contributed by atoms with E-state index in [0.29, 0.717) is 6.42 Å². The third-order valence-corrected chi connectivity index (χ3v) is 12.7. The predicted octanol–water partition coefficient (Wildman–Crippen LogP) is 15.6. The molecule has 10 heteroatoms. The van der Waals surface area contributed by atoms with Crippen LogP contribution in [0.1, 0.15) is 277 Å². The molecule has 0 rings (SSSR count). The van der Waals surface area contributed by atoms with E-state index in [1.807, 2.05) is 0 Å². The summed E-state index contributed by atoms with van der Waals surface area (Å²) in [5, 5.41) is 0. The van der Waals surface area contributed by atoms with E-state index in [2.05, 4.69) is 13.8 Å². The summed E-state index contributed by atoms with van der Waals surface area (Å²) in [5.41, 5.74) is 5.37. The van der Waals surface area contributed by atoms with Crippen molar-refractivity contribution in [2.75, 3.05) is 26.4 Å². The van der Waals surface area contributed by atoms with Crippen LogP contribution in [0, 0.1) is 0 Å². The van der Waals surface area contributed by atoms with Crippen LogP contribution in [0.5, 0.6) is 0 Å². The maximum Gasteiger partial charge on any atom is 0.472 e. The quantitative estimate of drug-likeness (QED) is 0.0348. The Morgan fingerprint density at radius 3 is 1.02 bits per heavy atom. The lowest BCUT2D eigenvalue weighted by molar-refractivity contribution is -0.161. The number of esters is 2. The molecule has 0 aliphatic rings. The Labute approximate surface area is 371 Å². The Morgan fingerprint density at radius 2 is 0.717 bits per heavy atom. The first-order valence-corrected chi connectivity index (χ1v) is 27.5. The van der Waals surface area contributed by atoms with Crippen molar-refractivity contribution in [2.45, 2.75) is 283 Å². The van der Waals surface area contributed by atoms with Crippen LogP contribution in [0.2, 0.25) is 0 Å². The highest BCUT2D eigenvalue weighted by molar-refractivity contribution is 7.47. The van der Waals surface area contributed by atoms with E-state index in [0.717, 1.165) is 32.1 Å². The summed E-state index contributed by atoms with van der Waals surface area (Å²) in [6.45, 7) is 3.81. The lowest BCUT2D eigenvalue weighted by Crippen LogP contribution is -2.29. The number of unbranched alkanes of at least 4 members (excludes halogenated alkanes) is 37. The zero-order valence-electron chi connectivity index (χ0n) is 39.7. The Kier molecular flexibility index (Phi) is 46.7. The minimum absolute atomic E-state index is 0.0584. The molecule has 0 amide bonds. The van der Waals surface area contributed by atoms with Gasteiger partial charge in [-0.1, -0.05) is 251 Å². The third-order valence-electron chi connectivity index (χ3n) is 11.7. The summed E-state index contributed by atoms with van der Waals surface area (Å²) in [4.78, 5) is 35.0. The van der Waals surface area contributed by atoms with Gasteiger partial charge in [0, 0.05) is 19.4 Å². The molecule has 1 unspecified atom stereocenters. The summed E-state index contributed by atoms with van der Waals surface area (Å²) in [6, 6.07) is 0. The fraction of sp³-hybridized carbons (Fsp3) is 0.960. The van der Waals surface area contributed by atoms with Gasteiger partial charge in [0.25, 0.3) is 0 Å². The smallest absolute Gasteiger partial charge is 0.462 e. The van der Waals surface area contributed by atoms with Crippen LogP contribution in [-0.2, 0) is 32.7 Å². The first-order valence-electron chi connectivity index (χ1n) is 26.0. The van der Waals surface area contributed by atoms with E-state index < -0.39 is 26.5 Å². The van der Waals surface area contributed by atoms with Gasteiger partial charge in [0.15, 0.2) is 6.10 Å². The van der Waals surface area contributed by atoms with Crippen molar-refractivity contribution < 1.29 is 37.6 Å². The van der Waals surface area contributed by atoms with Crippen LogP contribution >= 0.6 is 7.82 Å². The maximum atomic E-state index is 12.6. The second kappa shape index (κ2) is 47.5. The molecule has 0 aliphatic carbocycles. The molecule has 0 aromatic heterocycles. The van der Waals surface area contributed by atoms with Gasteiger partial charge in [-0.05, 0) is 12.8 Å². The van der Waals surface area contributed by atoms with Crippen LogP contribution in [-0.4, -0.2) is 49.3 Å². The van der Waals surface area contributed by atoms with E-state index in [-0.39, 0.29) is 38.6 Å². The van der Waals surface area contributed by atoms with Crippen LogP contribution in [0.4, 0.5) is 0 Å². The minimum Gasteiger partial charge on any atom is -0.462 e. The molecule has 60 heavy (non-hydrogen) atoms. The van der Waals surface area contributed by atoms with Crippen molar-refractivity contribution in [3.63, 3.8) is 0 Å². The van der Waals surface area contributed by atoms with Crippen LogP contribution in [0.15, 0.2) is 0 Å². The largest absolute Gasteiger partial charge is 0.472 e.